The van der Waals surface area contributed by atoms with Crippen molar-refractivity contribution in [2.45, 2.75) is 25.8 Å². The largest absolute Gasteiger partial charge is 0.339 e. The topological polar surface area (TPSA) is 22.0 Å². The van der Waals surface area contributed by atoms with Gasteiger partial charge in [0.1, 0.15) is 0 Å². The lowest BCUT2D eigenvalue weighted by atomic mass is 9.97. The number of aromatic nitrogens is 1. The average Bonchev–Trinajstić information content (AvgIpc) is 2.51. The van der Waals surface area contributed by atoms with E-state index in [1.54, 1.807) is 0 Å². The second kappa shape index (κ2) is 3.10. The van der Waals surface area contributed by atoms with E-state index in [4.69, 9.17) is 6.42 Å². The lowest BCUT2D eigenvalue weighted by molar-refractivity contribution is 0.0972. The Morgan fingerprint density at radius 3 is 3.15 bits per heavy atom. The van der Waals surface area contributed by atoms with Gasteiger partial charge in [-0.05, 0) is 18.9 Å². The highest BCUT2D eigenvalue weighted by molar-refractivity contribution is 5.98. The van der Waals surface area contributed by atoms with Gasteiger partial charge in [0.25, 0.3) is 0 Å². The number of carbonyl (C=O) groups is 1. The Hall–Kier alpha value is -1.49. The van der Waals surface area contributed by atoms with Crippen molar-refractivity contribution >= 4 is 5.78 Å². The first kappa shape index (κ1) is 8.12. The number of hydrogen-bond acceptors (Lipinski definition) is 1. The molecule has 2 nitrogen and oxygen atoms in total. The molecule has 2 rings (SSSR count). The molecule has 0 unspecified atom stereocenters. The third kappa shape index (κ3) is 1.27. The number of carbonyl (C=O) groups excluding carboxylic acids is 1. The zero-order valence-electron chi connectivity index (χ0n) is 7.42. The summed E-state index contributed by atoms with van der Waals surface area (Å²) in [4.78, 5) is 11.4. The highest BCUT2D eigenvalue weighted by atomic mass is 16.1. The molecule has 2 heteroatoms. The van der Waals surface area contributed by atoms with Crippen molar-refractivity contribution in [1.29, 1.82) is 0 Å². The summed E-state index contributed by atoms with van der Waals surface area (Å²) in [7, 11) is 0. The van der Waals surface area contributed by atoms with Crippen molar-refractivity contribution in [3.05, 3.63) is 23.5 Å². The van der Waals surface area contributed by atoms with E-state index >= 15 is 0 Å². The Morgan fingerprint density at radius 2 is 2.38 bits per heavy atom. The van der Waals surface area contributed by atoms with Crippen molar-refractivity contribution in [3.63, 3.8) is 0 Å². The molecule has 1 aliphatic carbocycles. The Labute approximate surface area is 77.6 Å². The summed E-state index contributed by atoms with van der Waals surface area (Å²) in [6.45, 7) is 0.572. The number of rotatable bonds is 1. The lowest BCUT2D eigenvalue weighted by Crippen LogP contribution is -2.12. The number of Topliss-reactive ketones (excluding diaryl/α,β-unsaturated/α-hetero) is 1. The molecule has 13 heavy (non-hydrogen) atoms. The first-order chi connectivity index (χ1) is 6.33. The van der Waals surface area contributed by atoms with Gasteiger partial charge in [-0.25, -0.2) is 0 Å². The van der Waals surface area contributed by atoms with Crippen LogP contribution in [0.25, 0.3) is 0 Å². The van der Waals surface area contributed by atoms with Crippen LogP contribution >= 0.6 is 0 Å². The third-order valence-corrected chi connectivity index (χ3v) is 2.46. The first-order valence-electron chi connectivity index (χ1n) is 4.47. The molecule has 0 aromatic carbocycles. The monoisotopic (exact) mass is 173 g/mol. The summed E-state index contributed by atoms with van der Waals surface area (Å²) < 4.78 is 1.99. The second-order valence-electron chi connectivity index (χ2n) is 3.28. The molecule has 1 aliphatic rings. The van der Waals surface area contributed by atoms with Gasteiger partial charge >= 0.3 is 0 Å². The summed E-state index contributed by atoms with van der Waals surface area (Å²) in [6, 6.07) is 1.88. The van der Waals surface area contributed by atoms with Crippen LogP contribution in [0.5, 0.6) is 0 Å². The van der Waals surface area contributed by atoms with Gasteiger partial charge in [-0.1, -0.05) is 5.92 Å². The molecule has 0 aliphatic heterocycles. The fraction of sp³-hybridized carbons (Fsp3) is 0.364. The molecule has 1 aromatic heterocycles. The Bertz CT molecular complexity index is 381. The molecule has 0 saturated heterocycles. The summed E-state index contributed by atoms with van der Waals surface area (Å²) in [5, 5.41) is 0. The van der Waals surface area contributed by atoms with Crippen LogP contribution in [0.2, 0.25) is 0 Å². The molecule has 1 aromatic rings. The summed E-state index contributed by atoms with van der Waals surface area (Å²) in [5.41, 5.74) is 2.00. The van der Waals surface area contributed by atoms with Crippen LogP contribution in [0, 0.1) is 12.3 Å². The van der Waals surface area contributed by atoms with Crippen LogP contribution in [0.1, 0.15) is 28.9 Å². The van der Waals surface area contributed by atoms with Gasteiger partial charge in [-0.2, -0.15) is 0 Å². The van der Waals surface area contributed by atoms with Gasteiger partial charge in [-0.3, -0.25) is 4.79 Å². The van der Waals surface area contributed by atoms with E-state index in [2.05, 4.69) is 5.92 Å². The molecular formula is C11H11NO. The zero-order valence-corrected chi connectivity index (χ0v) is 7.42. The van der Waals surface area contributed by atoms with Gasteiger partial charge < -0.3 is 4.57 Å². The van der Waals surface area contributed by atoms with Gasteiger partial charge in [0.15, 0.2) is 5.78 Å². The van der Waals surface area contributed by atoms with E-state index in [0.29, 0.717) is 13.0 Å². The van der Waals surface area contributed by atoms with Gasteiger partial charge in [0, 0.05) is 23.9 Å². The quantitative estimate of drug-likeness (QED) is 0.592. The molecule has 0 atom stereocenters. The Kier molecular flexibility index (Phi) is 1.94. The number of terminal acetylenes is 1. The van der Waals surface area contributed by atoms with Crippen LogP contribution in [0.4, 0.5) is 0 Å². The van der Waals surface area contributed by atoms with Crippen LogP contribution < -0.4 is 0 Å². The van der Waals surface area contributed by atoms with E-state index in [-0.39, 0.29) is 5.78 Å². The Morgan fingerprint density at radius 1 is 1.54 bits per heavy atom. The predicted molar refractivity (Wildman–Crippen MR) is 50.5 cm³/mol. The first-order valence-corrected chi connectivity index (χ1v) is 4.47. The van der Waals surface area contributed by atoms with Gasteiger partial charge in [-0.15, -0.1) is 6.42 Å². The minimum Gasteiger partial charge on any atom is -0.339 e. The van der Waals surface area contributed by atoms with Gasteiger partial charge in [0.2, 0.25) is 0 Å². The molecule has 0 amide bonds. The zero-order chi connectivity index (χ0) is 9.26. The van der Waals surface area contributed by atoms with Crippen LogP contribution in [0.15, 0.2) is 12.3 Å². The average molecular weight is 173 g/mol. The smallest absolute Gasteiger partial charge is 0.164 e. The third-order valence-electron chi connectivity index (χ3n) is 2.46. The maximum absolute atomic E-state index is 11.4. The highest BCUT2D eigenvalue weighted by Gasteiger charge is 2.19. The van der Waals surface area contributed by atoms with E-state index in [9.17, 15) is 4.79 Å². The molecule has 1 heterocycles. The van der Waals surface area contributed by atoms with Crippen molar-refractivity contribution in [1.82, 2.24) is 4.57 Å². The molecule has 0 N–H and O–H groups in total. The van der Waals surface area contributed by atoms with Crippen LogP contribution in [0.3, 0.4) is 0 Å². The van der Waals surface area contributed by atoms with E-state index in [1.165, 1.54) is 0 Å². The van der Waals surface area contributed by atoms with Crippen molar-refractivity contribution in [2.75, 3.05) is 0 Å². The van der Waals surface area contributed by atoms with Crippen molar-refractivity contribution in [2.24, 2.45) is 0 Å². The molecule has 0 bridgehead atoms. The maximum Gasteiger partial charge on any atom is 0.164 e. The molecule has 0 radical (unpaired) electrons. The van der Waals surface area contributed by atoms with E-state index in [1.807, 2.05) is 16.8 Å². The number of fused-ring (bicyclic) bond motifs is 1. The van der Waals surface area contributed by atoms with E-state index in [0.717, 1.165) is 24.1 Å². The number of ketones is 1. The van der Waals surface area contributed by atoms with Gasteiger partial charge in [0.05, 0.1) is 6.54 Å². The van der Waals surface area contributed by atoms with Crippen molar-refractivity contribution < 1.29 is 4.79 Å². The molecular weight excluding hydrogens is 162 g/mol. The fourth-order valence-corrected chi connectivity index (χ4v) is 1.84. The number of hydrogen-bond donors (Lipinski definition) is 0. The summed E-state index contributed by atoms with van der Waals surface area (Å²) >= 11 is 0. The predicted octanol–water partition coefficient (Wildman–Crippen LogP) is 1.64. The van der Waals surface area contributed by atoms with E-state index < -0.39 is 0 Å². The normalized spacial score (nSPS) is 15.2. The Balaban J connectivity index is 2.42. The molecule has 0 saturated carbocycles. The SMILES string of the molecule is C#CCn1ccc2c1CCCC2=O. The second-order valence-corrected chi connectivity index (χ2v) is 3.28. The highest BCUT2D eigenvalue weighted by Crippen LogP contribution is 2.21. The number of nitrogens with zero attached hydrogens (tertiary/aromatic N) is 1. The fourth-order valence-electron chi connectivity index (χ4n) is 1.84. The standard InChI is InChI=1S/C11H11NO/c1-2-7-12-8-6-9-10(12)4-3-5-11(9)13/h1,6,8H,3-5,7H2. The van der Waals surface area contributed by atoms with Crippen molar-refractivity contribution in [3.8, 4) is 12.3 Å². The van der Waals surface area contributed by atoms with Crippen LogP contribution in [-0.4, -0.2) is 10.4 Å². The molecule has 0 fully saturated rings. The molecule has 0 spiro atoms. The minimum absolute atomic E-state index is 0.261. The minimum atomic E-state index is 0.261. The lowest BCUT2D eigenvalue weighted by Gasteiger charge is -2.12. The maximum atomic E-state index is 11.4. The summed E-state index contributed by atoms with van der Waals surface area (Å²) in [5.74, 6) is 2.85. The summed E-state index contributed by atoms with van der Waals surface area (Å²) in [6.07, 6.45) is 9.77. The molecule has 66 valence electrons. The van der Waals surface area contributed by atoms with Crippen LogP contribution in [-0.2, 0) is 13.0 Å².